The molecule has 1 saturated carbocycles. The van der Waals surface area contributed by atoms with E-state index < -0.39 is 5.54 Å². The van der Waals surface area contributed by atoms with Crippen LogP contribution in [0, 0.1) is 5.41 Å². The molecular weight excluding hydrogens is 232 g/mol. The summed E-state index contributed by atoms with van der Waals surface area (Å²) >= 11 is 0. The lowest BCUT2D eigenvalue weighted by molar-refractivity contribution is -0.151. The van der Waals surface area contributed by atoms with Gasteiger partial charge in [-0.2, -0.15) is 0 Å². The lowest BCUT2D eigenvalue weighted by atomic mass is 9.69. The number of hydrogen-bond acceptors (Lipinski definition) is 4. The van der Waals surface area contributed by atoms with Gasteiger partial charge in [0.05, 0.1) is 7.11 Å². The molecule has 102 valence electrons. The zero-order valence-corrected chi connectivity index (χ0v) is 11.4. The molecule has 0 aromatic heterocycles. The van der Waals surface area contributed by atoms with Gasteiger partial charge in [0.2, 0.25) is 0 Å². The van der Waals surface area contributed by atoms with Crippen LogP contribution in [-0.4, -0.2) is 31.7 Å². The molecule has 0 bridgehead atoms. The number of methoxy groups -OCH3 is 1. The molecule has 6 nitrogen and oxygen atoms in total. The number of nitrogens with one attached hydrogen (secondary N) is 1. The highest BCUT2D eigenvalue weighted by Gasteiger charge is 2.44. The van der Waals surface area contributed by atoms with E-state index in [-0.39, 0.29) is 11.4 Å². The van der Waals surface area contributed by atoms with Gasteiger partial charge in [0.15, 0.2) is 0 Å². The number of carbonyl (C=O) groups excluding carboxylic acids is 1. The van der Waals surface area contributed by atoms with Crippen LogP contribution in [0.25, 0.3) is 10.4 Å². The molecule has 1 aliphatic rings. The van der Waals surface area contributed by atoms with Crippen LogP contribution in [0.5, 0.6) is 0 Å². The second-order valence-corrected chi connectivity index (χ2v) is 5.62. The van der Waals surface area contributed by atoms with Gasteiger partial charge in [0, 0.05) is 18.0 Å². The van der Waals surface area contributed by atoms with Crippen LogP contribution in [0.15, 0.2) is 5.11 Å². The Labute approximate surface area is 108 Å². The van der Waals surface area contributed by atoms with Crippen molar-refractivity contribution in [2.75, 3.05) is 20.2 Å². The number of rotatable bonds is 5. The average Bonchev–Trinajstić information content (AvgIpc) is 2.36. The van der Waals surface area contributed by atoms with Crippen molar-refractivity contribution in [3.63, 3.8) is 0 Å². The van der Waals surface area contributed by atoms with E-state index in [2.05, 4.69) is 29.2 Å². The summed E-state index contributed by atoms with van der Waals surface area (Å²) < 4.78 is 4.91. The normalized spacial score (nSPS) is 20.8. The molecule has 0 amide bonds. The summed E-state index contributed by atoms with van der Waals surface area (Å²) in [7, 11) is 1.42. The molecule has 0 spiro atoms. The van der Waals surface area contributed by atoms with Crippen LogP contribution in [0.2, 0.25) is 0 Å². The highest BCUT2D eigenvalue weighted by Crippen LogP contribution is 2.40. The van der Waals surface area contributed by atoms with E-state index in [1.165, 1.54) is 7.11 Å². The topological polar surface area (TPSA) is 87.1 Å². The molecular formula is C12H22N4O2. The van der Waals surface area contributed by atoms with Crippen molar-refractivity contribution in [2.24, 2.45) is 10.5 Å². The van der Waals surface area contributed by atoms with Gasteiger partial charge >= 0.3 is 5.97 Å². The first-order valence-corrected chi connectivity index (χ1v) is 6.30. The summed E-state index contributed by atoms with van der Waals surface area (Å²) in [5, 5.41) is 6.69. The van der Waals surface area contributed by atoms with E-state index in [0.29, 0.717) is 13.1 Å². The Hall–Kier alpha value is -1.26. The molecule has 1 N–H and O–H groups in total. The predicted octanol–water partition coefficient (Wildman–Crippen LogP) is 2.40. The molecule has 1 fully saturated rings. The summed E-state index contributed by atoms with van der Waals surface area (Å²) in [6.45, 7) is 5.28. The van der Waals surface area contributed by atoms with Gasteiger partial charge in [-0.25, -0.2) is 0 Å². The van der Waals surface area contributed by atoms with E-state index in [4.69, 9.17) is 10.3 Å². The fourth-order valence-corrected chi connectivity index (χ4v) is 2.39. The highest BCUT2D eigenvalue weighted by molar-refractivity contribution is 5.80. The van der Waals surface area contributed by atoms with Gasteiger partial charge in [-0.05, 0) is 36.6 Å². The van der Waals surface area contributed by atoms with Crippen molar-refractivity contribution in [1.82, 2.24) is 5.32 Å². The molecule has 0 aromatic rings. The smallest absolute Gasteiger partial charge is 0.326 e. The Kier molecular flexibility index (Phi) is 4.99. The van der Waals surface area contributed by atoms with Crippen molar-refractivity contribution < 1.29 is 9.53 Å². The van der Waals surface area contributed by atoms with Gasteiger partial charge in [-0.15, -0.1) is 0 Å². The number of ether oxygens (including phenoxy) is 1. The lowest BCUT2D eigenvalue weighted by Gasteiger charge is -2.42. The lowest BCUT2D eigenvalue weighted by Crippen LogP contribution is -2.56. The maximum absolute atomic E-state index is 12.0. The average molecular weight is 254 g/mol. The standard InChI is InChI=1S/C12H22N4O2/c1-11(2)4-6-12(7-5-11,10(17)18-3)14-8-9-15-16-13/h14H,4-9H2,1-3H3. The van der Waals surface area contributed by atoms with Crippen molar-refractivity contribution >= 4 is 5.97 Å². The number of nitrogens with zero attached hydrogens (tertiary/aromatic N) is 3. The molecule has 18 heavy (non-hydrogen) atoms. The van der Waals surface area contributed by atoms with Gasteiger partial charge in [-0.3, -0.25) is 4.79 Å². The Morgan fingerprint density at radius 2 is 2.00 bits per heavy atom. The van der Waals surface area contributed by atoms with Gasteiger partial charge < -0.3 is 10.1 Å². The van der Waals surface area contributed by atoms with Crippen molar-refractivity contribution in [2.45, 2.75) is 45.1 Å². The first kappa shape index (κ1) is 14.8. The van der Waals surface area contributed by atoms with E-state index in [0.717, 1.165) is 25.7 Å². The summed E-state index contributed by atoms with van der Waals surface area (Å²) in [5.74, 6) is -0.209. The van der Waals surface area contributed by atoms with E-state index in [1.807, 2.05) is 0 Å². The molecule has 0 heterocycles. The van der Waals surface area contributed by atoms with E-state index >= 15 is 0 Å². The van der Waals surface area contributed by atoms with Gasteiger partial charge in [0.1, 0.15) is 5.54 Å². The maximum Gasteiger partial charge on any atom is 0.326 e. The quantitative estimate of drug-likeness (QED) is 0.269. The van der Waals surface area contributed by atoms with Crippen LogP contribution in [-0.2, 0) is 9.53 Å². The fraction of sp³-hybridized carbons (Fsp3) is 0.917. The molecule has 0 aromatic carbocycles. The van der Waals surface area contributed by atoms with Crippen molar-refractivity contribution in [1.29, 1.82) is 0 Å². The zero-order chi connectivity index (χ0) is 13.6. The van der Waals surface area contributed by atoms with Crippen LogP contribution >= 0.6 is 0 Å². The van der Waals surface area contributed by atoms with E-state index in [1.54, 1.807) is 0 Å². The number of hydrogen-bond donors (Lipinski definition) is 1. The number of carbonyl (C=O) groups is 1. The first-order chi connectivity index (χ1) is 8.46. The van der Waals surface area contributed by atoms with Crippen LogP contribution in [0.3, 0.4) is 0 Å². The second-order valence-electron chi connectivity index (χ2n) is 5.62. The minimum absolute atomic E-state index is 0.209. The molecule has 1 rings (SSSR count). The third-order valence-corrected chi connectivity index (χ3v) is 3.77. The monoisotopic (exact) mass is 254 g/mol. The molecule has 0 aliphatic heterocycles. The van der Waals surface area contributed by atoms with Crippen LogP contribution in [0.1, 0.15) is 39.5 Å². The van der Waals surface area contributed by atoms with Crippen molar-refractivity contribution in [3.8, 4) is 0 Å². The van der Waals surface area contributed by atoms with Crippen molar-refractivity contribution in [3.05, 3.63) is 10.4 Å². The number of azide groups is 1. The molecule has 0 radical (unpaired) electrons. The zero-order valence-electron chi connectivity index (χ0n) is 11.4. The molecule has 1 aliphatic carbocycles. The third-order valence-electron chi connectivity index (χ3n) is 3.77. The summed E-state index contributed by atoms with van der Waals surface area (Å²) in [6, 6.07) is 0. The SMILES string of the molecule is COC(=O)C1(NCCN=[N+]=[N-])CCC(C)(C)CC1. The van der Waals surface area contributed by atoms with Crippen LogP contribution in [0.4, 0.5) is 0 Å². The molecule has 0 atom stereocenters. The third kappa shape index (κ3) is 3.62. The summed E-state index contributed by atoms with van der Waals surface area (Å²) in [6.07, 6.45) is 3.50. The Morgan fingerprint density at radius 1 is 1.39 bits per heavy atom. The maximum atomic E-state index is 12.0. The minimum atomic E-state index is -0.602. The number of esters is 1. The molecule has 6 heteroatoms. The predicted molar refractivity (Wildman–Crippen MR) is 69.0 cm³/mol. The van der Waals surface area contributed by atoms with Gasteiger partial charge in [0.25, 0.3) is 0 Å². The summed E-state index contributed by atoms with van der Waals surface area (Å²) in [4.78, 5) is 14.7. The Morgan fingerprint density at radius 3 is 2.50 bits per heavy atom. The molecule has 0 saturated heterocycles. The highest BCUT2D eigenvalue weighted by atomic mass is 16.5. The van der Waals surface area contributed by atoms with Crippen LogP contribution < -0.4 is 5.32 Å². The summed E-state index contributed by atoms with van der Waals surface area (Å²) in [5.41, 5.74) is 7.91. The van der Waals surface area contributed by atoms with E-state index in [9.17, 15) is 4.79 Å². The molecule has 0 unspecified atom stereocenters. The Bertz CT molecular complexity index is 338. The minimum Gasteiger partial charge on any atom is -0.468 e. The largest absolute Gasteiger partial charge is 0.468 e. The second kappa shape index (κ2) is 6.07. The van der Waals surface area contributed by atoms with Gasteiger partial charge in [-0.1, -0.05) is 19.0 Å². The Balaban J connectivity index is 2.66. The first-order valence-electron chi connectivity index (χ1n) is 6.30. The fourth-order valence-electron chi connectivity index (χ4n) is 2.39.